The second-order valence-electron chi connectivity index (χ2n) is 9.28. The summed E-state index contributed by atoms with van der Waals surface area (Å²) in [5, 5.41) is 5.88. The standard InChI is InChI=1S/C24H25ClFN5/c1-12-13-3-5-14(6-4-13)20(12)28-22-16-7-8-31(2)24(16)30-23(29-22)18-11-27-21-17(18)9-15(26)10-19(21)25/h7-14,20,27H,3-6H2,1-2H3,(H,28,29,30)/t12-,13?,14?,20+/m1/s1. The summed E-state index contributed by atoms with van der Waals surface area (Å²) in [5.41, 5.74) is 2.31. The van der Waals surface area contributed by atoms with Crippen molar-refractivity contribution in [3.8, 4) is 11.4 Å². The zero-order chi connectivity index (χ0) is 21.3. The monoisotopic (exact) mass is 437 g/mol. The Labute approximate surface area is 185 Å². The molecule has 3 aromatic heterocycles. The largest absolute Gasteiger partial charge is 0.366 e. The summed E-state index contributed by atoms with van der Waals surface area (Å²) < 4.78 is 16.1. The number of rotatable bonds is 3. The lowest BCUT2D eigenvalue weighted by Gasteiger charge is -2.47. The maximum Gasteiger partial charge on any atom is 0.166 e. The third-order valence-corrected chi connectivity index (χ3v) is 7.91. The van der Waals surface area contributed by atoms with E-state index < -0.39 is 0 Å². The van der Waals surface area contributed by atoms with Crippen molar-refractivity contribution in [3.63, 3.8) is 0 Å². The van der Waals surface area contributed by atoms with Crippen molar-refractivity contribution >= 4 is 39.4 Å². The van der Waals surface area contributed by atoms with E-state index in [0.29, 0.717) is 39.6 Å². The molecule has 7 rings (SSSR count). The highest BCUT2D eigenvalue weighted by molar-refractivity contribution is 6.35. The Kier molecular flexibility index (Phi) is 4.29. The maximum atomic E-state index is 14.1. The van der Waals surface area contributed by atoms with Crippen LogP contribution < -0.4 is 5.32 Å². The van der Waals surface area contributed by atoms with Gasteiger partial charge in [-0.25, -0.2) is 14.4 Å². The van der Waals surface area contributed by atoms with E-state index in [1.807, 2.05) is 24.0 Å². The fourth-order valence-corrected chi connectivity index (χ4v) is 6.13. The number of hydrogen-bond donors (Lipinski definition) is 2. The molecule has 0 radical (unpaired) electrons. The van der Waals surface area contributed by atoms with Crippen LogP contribution >= 0.6 is 11.6 Å². The molecule has 3 aliphatic rings. The summed E-state index contributed by atoms with van der Waals surface area (Å²) in [5.74, 6) is 3.18. The molecule has 160 valence electrons. The van der Waals surface area contributed by atoms with Crippen molar-refractivity contribution < 1.29 is 4.39 Å². The number of aromatic nitrogens is 4. The number of nitrogens with zero attached hydrogens (tertiary/aromatic N) is 3. The van der Waals surface area contributed by atoms with Crippen molar-refractivity contribution in [3.05, 3.63) is 41.4 Å². The molecule has 7 heteroatoms. The van der Waals surface area contributed by atoms with E-state index in [-0.39, 0.29) is 5.82 Å². The first-order valence-electron chi connectivity index (χ1n) is 11.1. The molecule has 1 aromatic carbocycles. The Morgan fingerprint density at radius 2 is 1.90 bits per heavy atom. The van der Waals surface area contributed by atoms with Crippen molar-refractivity contribution in [2.75, 3.05) is 5.32 Å². The molecule has 0 aliphatic heterocycles. The van der Waals surface area contributed by atoms with Crippen LogP contribution in [0.15, 0.2) is 30.6 Å². The summed E-state index contributed by atoms with van der Waals surface area (Å²) in [4.78, 5) is 13.0. The number of aryl methyl sites for hydroxylation is 1. The zero-order valence-corrected chi connectivity index (χ0v) is 18.4. The Morgan fingerprint density at radius 1 is 1.13 bits per heavy atom. The number of H-pyrrole nitrogens is 1. The summed E-state index contributed by atoms with van der Waals surface area (Å²) in [7, 11) is 1.99. The molecule has 31 heavy (non-hydrogen) atoms. The van der Waals surface area contributed by atoms with Crippen LogP contribution in [0, 0.1) is 23.6 Å². The van der Waals surface area contributed by atoms with Gasteiger partial charge in [-0.2, -0.15) is 0 Å². The lowest BCUT2D eigenvalue weighted by Crippen LogP contribution is -2.47. The van der Waals surface area contributed by atoms with Gasteiger partial charge in [0, 0.05) is 36.4 Å². The molecule has 0 spiro atoms. The zero-order valence-electron chi connectivity index (χ0n) is 17.6. The quantitative estimate of drug-likeness (QED) is 0.404. The van der Waals surface area contributed by atoms with E-state index in [9.17, 15) is 4.39 Å². The van der Waals surface area contributed by atoms with Crippen LogP contribution in [-0.2, 0) is 7.05 Å². The average Bonchev–Trinajstić information content (AvgIpc) is 3.35. The summed E-state index contributed by atoms with van der Waals surface area (Å²) in [6, 6.07) is 5.30. The topological polar surface area (TPSA) is 58.5 Å². The molecule has 3 fully saturated rings. The molecular weight excluding hydrogens is 413 g/mol. The molecule has 2 bridgehead atoms. The molecule has 0 saturated heterocycles. The molecule has 0 unspecified atom stereocenters. The van der Waals surface area contributed by atoms with Crippen molar-refractivity contribution in [1.29, 1.82) is 0 Å². The van der Waals surface area contributed by atoms with Crippen LogP contribution in [0.4, 0.5) is 10.2 Å². The third-order valence-electron chi connectivity index (χ3n) is 7.61. The van der Waals surface area contributed by atoms with Crippen LogP contribution in [0.5, 0.6) is 0 Å². The van der Waals surface area contributed by atoms with Gasteiger partial charge < -0.3 is 14.9 Å². The SMILES string of the molecule is C[C@@H]1C2CCC(CC2)[C@H]1Nc1nc(-c2c[nH]c3c(Cl)cc(F)cc23)nc2c1ccn2C. The lowest BCUT2D eigenvalue weighted by molar-refractivity contribution is 0.0929. The van der Waals surface area contributed by atoms with Gasteiger partial charge in [0.1, 0.15) is 17.3 Å². The van der Waals surface area contributed by atoms with Gasteiger partial charge in [-0.3, -0.25) is 0 Å². The number of hydrogen-bond acceptors (Lipinski definition) is 3. The van der Waals surface area contributed by atoms with Gasteiger partial charge in [0.05, 0.1) is 15.9 Å². The number of anilines is 1. The van der Waals surface area contributed by atoms with E-state index in [4.69, 9.17) is 21.6 Å². The van der Waals surface area contributed by atoms with Crippen molar-refractivity contribution in [1.82, 2.24) is 19.5 Å². The predicted octanol–water partition coefficient (Wildman–Crippen LogP) is 6.15. The first-order valence-corrected chi connectivity index (χ1v) is 11.4. The highest BCUT2D eigenvalue weighted by Gasteiger charge is 2.41. The van der Waals surface area contributed by atoms with Gasteiger partial charge >= 0.3 is 0 Å². The van der Waals surface area contributed by atoms with Crippen LogP contribution in [0.3, 0.4) is 0 Å². The first kappa shape index (κ1) is 19.1. The molecule has 5 nitrogen and oxygen atoms in total. The predicted molar refractivity (Wildman–Crippen MR) is 123 cm³/mol. The molecular formula is C24H25ClFN5. The normalized spacial score (nSPS) is 25.5. The summed E-state index contributed by atoms with van der Waals surface area (Å²) in [6.07, 6.45) is 9.11. The highest BCUT2D eigenvalue weighted by Crippen LogP contribution is 2.46. The molecule has 2 atom stereocenters. The second kappa shape index (κ2) is 6.95. The van der Waals surface area contributed by atoms with E-state index in [1.54, 1.807) is 0 Å². The molecule has 2 N–H and O–H groups in total. The van der Waals surface area contributed by atoms with E-state index >= 15 is 0 Å². The Bertz CT molecular complexity index is 1300. The van der Waals surface area contributed by atoms with Crippen LogP contribution in [0.2, 0.25) is 5.02 Å². The Hall–Kier alpha value is -2.60. The number of nitrogens with one attached hydrogen (secondary N) is 2. The lowest BCUT2D eigenvalue weighted by atomic mass is 9.62. The highest BCUT2D eigenvalue weighted by atomic mass is 35.5. The van der Waals surface area contributed by atoms with Crippen LogP contribution in [-0.4, -0.2) is 25.6 Å². The fraction of sp³-hybridized carbons (Fsp3) is 0.417. The van der Waals surface area contributed by atoms with Gasteiger partial charge in [-0.05, 0) is 61.6 Å². The first-order chi connectivity index (χ1) is 15.0. The summed E-state index contributed by atoms with van der Waals surface area (Å²) >= 11 is 6.25. The third kappa shape index (κ3) is 2.95. The van der Waals surface area contributed by atoms with E-state index in [1.165, 1.54) is 37.8 Å². The van der Waals surface area contributed by atoms with Gasteiger partial charge in [0.15, 0.2) is 5.82 Å². The number of halogens is 2. The van der Waals surface area contributed by atoms with Gasteiger partial charge in [0.25, 0.3) is 0 Å². The number of benzene rings is 1. The smallest absolute Gasteiger partial charge is 0.166 e. The Balaban J connectivity index is 1.49. The van der Waals surface area contributed by atoms with Gasteiger partial charge in [-0.15, -0.1) is 0 Å². The Morgan fingerprint density at radius 3 is 2.68 bits per heavy atom. The van der Waals surface area contributed by atoms with Gasteiger partial charge in [-0.1, -0.05) is 18.5 Å². The number of aromatic amines is 1. The van der Waals surface area contributed by atoms with Crippen molar-refractivity contribution in [2.24, 2.45) is 24.8 Å². The minimum Gasteiger partial charge on any atom is -0.366 e. The van der Waals surface area contributed by atoms with Crippen LogP contribution in [0.1, 0.15) is 32.6 Å². The molecule has 3 saturated carbocycles. The average molecular weight is 438 g/mol. The maximum absolute atomic E-state index is 14.1. The fourth-order valence-electron chi connectivity index (χ4n) is 5.87. The minimum absolute atomic E-state index is 0.353. The van der Waals surface area contributed by atoms with E-state index in [0.717, 1.165) is 28.3 Å². The van der Waals surface area contributed by atoms with E-state index in [2.05, 4.69) is 23.3 Å². The number of fused-ring (bicyclic) bond motifs is 5. The molecule has 3 heterocycles. The minimum atomic E-state index is -0.372. The molecule has 3 aliphatic carbocycles. The summed E-state index contributed by atoms with van der Waals surface area (Å²) in [6.45, 7) is 2.38. The van der Waals surface area contributed by atoms with Crippen molar-refractivity contribution in [2.45, 2.75) is 38.6 Å². The van der Waals surface area contributed by atoms with Gasteiger partial charge in [0.2, 0.25) is 0 Å². The molecule has 0 amide bonds. The molecule has 4 aromatic rings. The second-order valence-corrected chi connectivity index (χ2v) is 9.68. The van der Waals surface area contributed by atoms with Crippen LogP contribution in [0.25, 0.3) is 33.3 Å².